The third-order valence-corrected chi connectivity index (χ3v) is 5.31. The van der Waals surface area contributed by atoms with Gasteiger partial charge in [0.15, 0.2) is 11.6 Å². The molecule has 0 radical (unpaired) electrons. The maximum Gasteiger partial charge on any atom is 0.414 e. The van der Waals surface area contributed by atoms with Crippen molar-refractivity contribution in [3.8, 4) is 0 Å². The Morgan fingerprint density at radius 2 is 1.84 bits per heavy atom. The number of halogens is 2. The average Bonchev–Trinajstić information content (AvgIpc) is 3.18. The number of benzene rings is 2. The second-order valence-corrected chi connectivity index (χ2v) is 7.55. The third kappa shape index (κ3) is 5.08. The standard InChI is InChI=1S/C22H24F2N4O4/c23-18-10-16(11-19(24)20(18)27-8-6-25-7-9-27)28-13-17(32-22(28)30)12-26-21(29)31-14-15-4-2-1-3-5-15/h1-5,10-11,17,25H,6-9,12-14H2,(H,26,29)/t17-/m0/s1. The summed E-state index contributed by atoms with van der Waals surface area (Å²) in [6.45, 7) is 2.44. The van der Waals surface area contributed by atoms with Gasteiger partial charge in [-0.15, -0.1) is 0 Å². The first-order valence-electron chi connectivity index (χ1n) is 10.4. The number of nitrogens with one attached hydrogen (secondary N) is 2. The van der Waals surface area contributed by atoms with Crippen molar-refractivity contribution in [2.45, 2.75) is 12.7 Å². The van der Waals surface area contributed by atoms with E-state index >= 15 is 0 Å². The molecule has 0 aliphatic carbocycles. The first-order valence-corrected chi connectivity index (χ1v) is 10.4. The number of carbonyl (C=O) groups excluding carboxylic acids is 2. The number of alkyl carbamates (subject to hydrolysis) is 1. The van der Waals surface area contributed by atoms with Crippen LogP contribution in [0.2, 0.25) is 0 Å². The number of carbonyl (C=O) groups is 2. The number of rotatable bonds is 6. The highest BCUT2D eigenvalue weighted by Crippen LogP contribution is 2.31. The summed E-state index contributed by atoms with van der Waals surface area (Å²) in [5, 5.41) is 5.67. The van der Waals surface area contributed by atoms with Gasteiger partial charge in [0.1, 0.15) is 18.4 Å². The fourth-order valence-electron chi connectivity index (χ4n) is 3.71. The Hall–Kier alpha value is -3.40. The molecular weight excluding hydrogens is 422 g/mol. The van der Waals surface area contributed by atoms with Gasteiger partial charge < -0.3 is 25.0 Å². The number of anilines is 2. The summed E-state index contributed by atoms with van der Waals surface area (Å²) in [7, 11) is 0. The number of hydrogen-bond acceptors (Lipinski definition) is 6. The van der Waals surface area contributed by atoms with Gasteiger partial charge in [0.25, 0.3) is 0 Å². The lowest BCUT2D eigenvalue weighted by molar-refractivity contribution is 0.121. The predicted molar refractivity (Wildman–Crippen MR) is 114 cm³/mol. The Labute approximate surface area is 184 Å². The van der Waals surface area contributed by atoms with E-state index in [2.05, 4.69) is 10.6 Å². The monoisotopic (exact) mass is 446 g/mol. The van der Waals surface area contributed by atoms with Gasteiger partial charge >= 0.3 is 12.2 Å². The highest BCUT2D eigenvalue weighted by molar-refractivity contribution is 5.90. The van der Waals surface area contributed by atoms with Crippen molar-refractivity contribution in [3.63, 3.8) is 0 Å². The summed E-state index contributed by atoms with van der Waals surface area (Å²) in [6, 6.07) is 11.5. The van der Waals surface area contributed by atoms with E-state index in [4.69, 9.17) is 9.47 Å². The smallest absolute Gasteiger partial charge is 0.414 e. The van der Waals surface area contributed by atoms with Crippen molar-refractivity contribution < 1.29 is 27.8 Å². The molecule has 2 amide bonds. The van der Waals surface area contributed by atoms with Crippen molar-refractivity contribution in [1.82, 2.24) is 10.6 Å². The van der Waals surface area contributed by atoms with Crippen LogP contribution in [0.3, 0.4) is 0 Å². The van der Waals surface area contributed by atoms with E-state index in [9.17, 15) is 18.4 Å². The first kappa shape index (κ1) is 21.8. The molecule has 2 aromatic rings. The van der Waals surface area contributed by atoms with Crippen molar-refractivity contribution in [2.24, 2.45) is 0 Å². The van der Waals surface area contributed by atoms with Crippen LogP contribution in [0.25, 0.3) is 0 Å². The van der Waals surface area contributed by atoms with E-state index in [0.717, 1.165) is 22.6 Å². The second kappa shape index (κ2) is 9.82. The maximum atomic E-state index is 14.7. The number of piperazine rings is 1. The predicted octanol–water partition coefficient (Wildman–Crippen LogP) is 2.63. The average molecular weight is 446 g/mol. The summed E-state index contributed by atoms with van der Waals surface area (Å²) in [5.41, 5.74) is 0.815. The minimum Gasteiger partial charge on any atom is -0.445 e. The molecule has 2 aromatic carbocycles. The SMILES string of the molecule is O=C(NC[C@H]1CN(c2cc(F)c(N3CCNCC3)c(F)c2)C(=O)O1)OCc1ccccc1. The zero-order valence-corrected chi connectivity index (χ0v) is 17.4. The number of ether oxygens (including phenoxy) is 2. The van der Waals surface area contributed by atoms with Crippen molar-refractivity contribution >= 4 is 23.6 Å². The molecule has 8 nitrogen and oxygen atoms in total. The van der Waals surface area contributed by atoms with Gasteiger partial charge in [0.05, 0.1) is 18.8 Å². The Balaban J connectivity index is 1.32. The molecule has 2 aliphatic heterocycles. The normalized spacial score (nSPS) is 18.4. The fraction of sp³-hybridized carbons (Fsp3) is 0.364. The Bertz CT molecular complexity index is 947. The minimum atomic E-state index is -0.735. The van der Waals surface area contributed by atoms with Crippen LogP contribution >= 0.6 is 0 Å². The van der Waals surface area contributed by atoms with Crippen LogP contribution in [0, 0.1) is 11.6 Å². The number of amides is 2. The van der Waals surface area contributed by atoms with Gasteiger partial charge in [-0.25, -0.2) is 18.4 Å². The van der Waals surface area contributed by atoms with Crippen LogP contribution in [0.5, 0.6) is 0 Å². The first-order chi connectivity index (χ1) is 15.5. The van der Waals surface area contributed by atoms with Gasteiger partial charge in [0, 0.05) is 38.3 Å². The van der Waals surface area contributed by atoms with Crippen molar-refractivity contribution in [1.29, 1.82) is 0 Å². The van der Waals surface area contributed by atoms with Gasteiger partial charge in [-0.3, -0.25) is 4.90 Å². The molecule has 2 fully saturated rings. The molecule has 32 heavy (non-hydrogen) atoms. The summed E-state index contributed by atoms with van der Waals surface area (Å²) >= 11 is 0. The van der Waals surface area contributed by atoms with E-state index in [1.165, 1.54) is 0 Å². The van der Waals surface area contributed by atoms with Gasteiger partial charge in [-0.1, -0.05) is 30.3 Å². The van der Waals surface area contributed by atoms with Crippen molar-refractivity contribution in [3.05, 3.63) is 59.7 Å². The molecule has 2 N–H and O–H groups in total. The third-order valence-electron chi connectivity index (χ3n) is 5.31. The molecule has 0 aromatic heterocycles. The van der Waals surface area contributed by atoms with Crippen LogP contribution in [-0.4, -0.2) is 57.6 Å². The number of nitrogens with zero attached hydrogens (tertiary/aromatic N) is 2. The highest BCUT2D eigenvalue weighted by atomic mass is 19.1. The number of hydrogen-bond donors (Lipinski definition) is 2. The largest absolute Gasteiger partial charge is 0.445 e. The van der Waals surface area contributed by atoms with Gasteiger partial charge in [-0.05, 0) is 5.56 Å². The molecule has 2 saturated heterocycles. The molecule has 170 valence electrons. The Morgan fingerprint density at radius 3 is 2.53 bits per heavy atom. The molecule has 0 spiro atoms. The second-order valence-electron chi connectivity index (χ2n) is 7.55. The summed E-state index contributed by atoms with van der Waals surface area (Å²) in [5.74, 6) is -1.47. The zero-order chi connectivity index (χ0) is 22.5. The minimum absolute atomic E-state index is 0.0136. The van der Waals surface area contributed by atoms with Crippen LogP contribution in [0.15, 0.2) is 42.5 Å². The van der Waals surface area contributed by atoms with Crippen LogP contribution < -0.4 is 20.4 Å². The molecule has 2 heterocycles. The lowest BCUT2D eigenvalue weighted by Gasteiger charge is -2.30. The van der Waals surface area contributed by atoms with Crippen molar-refractivity contribution in [2.75, 3.05) is 49.1 Å². The topological polar surface area (TPSA) is 83.1 Å². The van der Waals surface area contributed by atoms with E-state index in [1.54, 1.807) is 4.90 Å². The molecule has 2 aliphatic rings. The van der Waals surface area contributed by atoms with E-state index in [-0.39, 0.29) is 31.1 Å². The summed E-state index contributed by atoms with van der Waals surface area (Å²) in [4.78, 5) is 26.9. The van der Waals surface area contributed by atoms with E-state index in [0.29, 0.717) is 26.2 Å². The molecular formula is C22H24F2N4O4. The molecule has 10 heteroatoms. The summed E-state index contributed by atoms with van der Waals surface area (Å²) < 4.78 is 39.7. The Morgan fingerprint density at radius 1 is 1.16 bits per heavy atom. The quantitative estimate of drug-likeness (QED) is 0.710. The lowest BCUT2D eigenvalue weighted by atomic mass is 10.2. The maximum absolute atomic E-state index is 14.7. The van der Waals surface area contributed by atoms with Crippen LogP contribution in [0.1, 0.15) is 5.56 Å². The molecule has 0 saturated carbocycles. The molecule has 0 bridgehead atoms. The summed E-state index contributed by atoms with van der Waals surface area (Å²) in [6.07, 6.45) is -2.06. The zero-order valence-electron chi connectivity index (χ0n) is 17.4. The van der Waals surface area contributed by atoms with Gasteiger partial charge in [0.2, 0.25) is 0 Å². The molecule has 0 unspecified atom stereocenters. The van der Waals surface area contributed by atoms with Crippen LogP contribution in [-0.2, 0) is 16.1 Å². The lowest BCUT2D eigenvalue weighted by Crippen LogP contribution is -2.44. The Kier molecular flexibility index (Phi) is 6.69. The highest BCUT2D eigenvalue weighted by Gasteiger charge is 2.34. The molecule has 4 rings (SSSR count). The van der Waals surface area contributed by atoms with Crippen LogP contribution in [0.4, 0.5) is 29.7 Å². The number of cyclic esters (lactones) is 1. The van der Waals surface area contributed by atoms with Gasteiger partial charge in [-0.2, -0.15) is 0 Å². The molecule has 1 atom stereocenters. The van der Waals surface area contributed by atoms with E-state index in [1.807, 2.05) is 30.3 Å². The fourth-order valence-corrected chi connectivity index (χ4v) is 3.71. The van der Waals surface area contributed by atoms with E-state index < -0.39 is 29.9 Å².